The van der Waals surface area contributed by atoms with Crippen molar-refractivity contribution in [2.24, 2.45) is 0 Å². The highest BCUT2D eigenvalue weighted by molar-refractivity contribution is 5.96. The molecule has 1 aliphatic heterocycles. The number of carbonyl (C=O) groups excluding carboxylic acids is 1. The molecule has 0 saturated carbocycles. The maximum atomic E-state index is 12.3. The average molecular weight is 260 g/mol. The van der Waals surface area contributed by atoms with Crippen molar-refractivity contribution in [3.63, 3.8) is 0 Å². The molecule has 1 saturated heterocycles. The number of benzene rings is 1. The van der Waals surface area contributed by atoms with Crippen molar-refractivity contribution in [2.45, 2.75) is 0 Å². The summed E-state index contributed by atoms with van der Waals surface area (Å²) >= 11 is 0. The van der Waals surface area contributed by atoms with Crippen molar-refractivity contribution in [3.8, 4) is 5.75 Å². The number of hydrogen-bond donors (Lipinski definition) is 1. The van der Waals surface area contributed by atoms with E-state index in [9.17, 15) is 9.90 Å². The van der Waals surface area contributed by atoms with Gasteiger partial charge >= 0.3 is 0 Å². The van der Waals surface area contributed by atoms with Gasteiger partial charge in [-0.05, 0) is 31.3 Å². The summed E-state index contributed by atoms with van der Waals surface area (Å²) in [5, 5.41) is 10.2. The lowest BCUT2D eigenvalue weighted by atomic mass is 10.2. The number of likely N-dealkylation sites (N-methyl/N-ethyl adjacent to an activating group) is 1. The van der Waals surface area contributed by atoms with Gasteiger partial charge in [-0.1, -0.05) is 0 Å². The molecule has 1 aliphatic rings. The van der Waals surface area contributed by atoms with Crippen LogP contribution in [0.15, 0.2) is 28.7 Å². The summed E-state index contributed by atoms with van der Waals surface area (Å²) in [7, 11) is 2.05. The summed E-state index contributed by atoms with van der Waals surface area (Å²) in [6.45, 7) is 3.20. The van der Waals surface area contributed by atoms with Gasteiger partial charge in [-0.3, -0.25) is 4.79 Å². The monoisotopic (exact) mass is 260 g/mol. The van der Waals surface area contributed by atoms with Gasteiger partial charge < -0.3 is 19.3 Å². The van der Waals surface area contributed by atoms with E-state index >= 15 is 0 Å². The number of fused-ring (bicyclic) bond motifs is 1. The third-order valence-electron chi connectivity index (χ3n) is 3.50. The van der Waals surface area contributed by atoms with Gasteiger partial charge in [0.2, 0.25) is 0 Å². The Hall–Kier alpha value is -2.01. The molecule has 19 heavy (non-hydrogen) atoms. The number of piperazine rings is 1. The second kappa shape index (κ2) is 4.59. The summed E-state index contributed by atoms with van der Waals surface area (Å²) in [6, 6.07) is 6.51. The van der Waals surface area contributed by atoms with Gasteiger partial charge in [0.15, 0.2) is 5.76 Å². The maximum Gasteiger partial charge on any atom is 0.289 e. The van der Waals surface area contributed by atoms with Crippen LogP contribution in [-0.4, -0.2) is 54.0 Å². The number of amides is 1. The highest BCUT2D eigenvalue weighted by Gasteiger charge is 2.23. The average Bonchev–Trinajstić information content (AvgIpc) is 2.81. The second-order valence-corrected chi connectivity index (χ2v) is 4.93. The van der Waals surface area contributed by atoms with Gasteiger partial charge in [-0.25, -0.2) is 0 Å². The molecule has 1 amide bonds. The number of aromatic hydroxyl groups is 1. The highest BCUT2D eigenvalue weighted by Crippen LogP contribution is 2.24. The Morgan fingerprint density at radius 3 is 2.68 bits per heavy atom. The van der Waals surface area contributed by atoms with Crippen LogP contribution in [0.2, 0.25) is 0 Å². The van der Waals surface area contributed by atoms with Crippen LogP contribution in [0.25, 0.3) is 11.0 Å². The van der Waals surface area contributed by atoms with E-state index in [1.54, 1.807) is 29.2 Å². The number of furan rings is 1. The van der Waals surface area contributed by atoms with Crippen molar-refractivity contribution >= 4 is 16.9 Å². The zero-order valence-electron chi connectivity index (χ0n) is 10.8. The Bertz CT molecular complexity index is 612. The van der Waals surface area contributed by atoms with Crippen molar-refractivity contribution in [2.75, 3.05) is 33.2 Å². The minimum atomic E-state index is -0.0798. The van der Waals surface area contributed by atoms with E-state index in [0.29, 0.717) is 11.3 Å². The first kappa shape index (κ1) is 12.0. The van der Waals surface area contributed by atoms with Crippen LogP contribution in [0.4, 0.5) is 0 Å². The molecule has 1 aromatic heterocycles. The smallest absolute Gasteiger partial charge is 0.289 e. The lowest BCUT2D eigenvalue weighted by Crippen LogP contribution is -2.47. The Balaban J connectivity index is 1.85. The number of hydrogen-bond acceptors (Lipinski definition) is 4. The molecule has 2 aromatic rings. The van der Waals surface area contributed by atoms with Gasteiger partial charge in [-0.2, -0.15) is 0 Å². The van der Waals surface area contributed by atoms with Crippen molar-refractivity contribution in [1.29, 1.82) is 0 Å². The summed E-state index contributed by atoms with van der Waals surface area (Å²) in [6.07, 6.45) is 0. The Labute approximate surface area is 111 Å². The predicted octanol–water partition coefficient (Wildman–Crippen LogP) is 1.53. The van der Waals surface area contributed by atoms with Gasteiger partial charge in [0.25, 0.3) is 5.91 Å². The molecule has 1 fully saturated rings. The van der Waals surface area contributed by atoms with E-state index in [0.717, 1.165) is 31.6 Å². The van der Waals surface area contributed by atoms with E-state index in [1.165, 1.54) is 0 Å². The van der Waals surface area contributed by atoms with Crippen LogP contribution in [0, 0.1) is 0 Å². The number of phenolic OH excluding ortho intramolecular Hbond substituents is 1. The van der Waals surface area contributed by atoms with Crippen LogP contribution in [0.5, 0.6) is 5.75 Å². The Kier molecular flexibility index (Phi) is 2.91. The molecular formula is C14H16N2O3. The molecular weight excluding hydrogens is 244 g/mol. The molecule has 0 atom stereocenters. The van der Waals surface area contributed by atoms with Crippen molar-refractivity contribution < 1.29 is 14.3 Å². The molecule has 3 rings (SSSR count). The summed E-state index contributed by atoms with van der Waals surface area (Å²) in [5.41, 5.74) is 0.621. The summed E-state index contributed by atoms with van der Waals surface area (Å²) < 4.78 is 5.55. The number of phenols is 1. The van der Waals surface area contributed by atoms with E-state index in [4.69, 9.17) is 4.42 Å². The standard InChI is InChI=1S/C14H16N2O3/c1-15-4-6-16(7-5-15)14(18)13-9-10-8-11(17)2-3-12(10)19-13/h2-3,8-9,17H,4-7H2,1H3. The molecule has 0 radical (unpaired) electrons. The van der Waals surface area contributed by atoms with Gasteiger partial charge in [-0.15, -0.1) is 0 Å². The van der Waals surface area contributed by atoms with Crippen molar-refractivity contribution in [1.82, 2.24) is 9.80 Å². The van der Waals surface area contributed by atoms with Gasteiger partial charge in [0.1, 0.15) is 11.3 Å². The molecule has 100 valence electrons. The van der Waals surface area contributed by atoms with E-state index in [-0.39, 0.29) is 11.7 Å². The van der Waals surface area contributed by atoms with Gasteiger partial charge in [0.05, 0.1) is 0 Å². The quantitative estimate of drug-likeness (QED) is 0.844. The zero-order chi connectivity index (χ0) is 13.4. The molecule has 0 aliphatic carbocycles. The topological polar surface area (TPSA) is 56.9 Å². The molecule has 0 spiro atoms. The van der Waals surface area contributed by atoms with Crippen LogP contribution in [-0.2, 0) is 0 Å². The number of carbonyl (C=O) groups is 1. The molecule has 1 N–H and O–H groups in total. The zero-order valence-corrected chi connectivity index (χ0v) is 10.8. The minimum Gasteiger partial charge on any atom is -0.508 e. The van der Waals surface area contributed by atoms with E-state index in [2.05, 4.69) is 4.90 Å². The highest BCUT2D eigenvalue weighted by atomic mass is 16.3. The first-order chi connectivity index (χ1) is 9.13. The minimum absolute atomic E-state index is 0.0798. The molecule has 0 unspecified atom stereocenters. The number of rotatable bonds is 1. The summed E-state index contributed by atoms with van der Waals surface area (Å²) in [5.74, 6) is 0.431. The normalized spacial score (nSPS) is 17.0. The van der Waals surface area contributed by atoms with Crippen LogP contribution in [0.1, 0.15) is 10.6 Å². The van der Waals surface area contributed by atoms with Crippen LogP contribution >= 0.6 is 0 Å². The number of nitrogens with zero attached hydrogens (tertiary/aromatic N) is 2. The molecule has 5 nitrogen and oxygen atoms in total. The third-order valence-corrected chi connectivity index (χ3v) is 3.50. The van der Waals surface area contributed by atoms with E-state index < -0.39 is 0 Å². The first-order valence-electron chi connectivity index (χ1n) is 6.34. The first-order valence-corrected chi connectivity index (χ1v) is 6.34. The predicted molar refractivity (Wildman–Crippen MR) is 71.3 cm³/mol. The Morgan fingerprint density at radius 1 is 1.21 bits per heavy atom. The van der Waals surface area contributed by atoms with Crippen LogP contribution < -0.4 is 0 Å². The SMILES string of the molecule is CN1CCN(C(=O)c2cc3cc(O)ccc3o2)CC1. The maximum absolute atomic E-state index is 12.3. The second-order valence-electron chi connectivity index (χ2n) is 4.93. The third kappa shape index (κ3) is 2.29. The molecule has 5 heteroatoms. The summed E-state index contributed by atoms with van der Waals surface area (Å²) in [4.78, 5) is 16.3. The fraction of sp³-hybridized carbons (Fsp3) is 0.357. The fourth-order valence-electron chi connectivity index (χ4n) is 2.30. The van der Waals surface area contributed by atoms with E-state index in [1.807, 2.05) is 7.05 Å². The fourth-order valence-corrected chi connectivity index (χ4v) is 2.30. The van der Waals surface area contributed by atoms with Crippen molar-refractivity contribution in [3.05, 3.63) is 30.0 Å². The molecule has 2 heterocycles. The Morgan fingerprint density at radius 2 is 1.95 bits per heavy atom. The van der Waals surface area contributed by atoms with Crippen LogP contribution in [0.3, 0.4) is 0 Å². The van der Waals surface area contributed by atoms with Gasteiger partial charge in [0, 0.05) is 31.6 Å². The molecule has 0 bridgehead atoms. The molecule has 1 aromatic carbocycles. The lowest BCUT2D eigenvalue weighted by molar-refractivity contribution is 0.0635. The lowest BCUT2D eigenvalue weighted by Gasteiger charge is -2.31. The largest absolute Gasteiger partial charge is 0.508 e.